The van der Waals surface area contributed by atoms with E-state index in [1.807, 2.05) is 20.8 Å². The molecule has 132 valence electrons. The molecule has 0 radical (unpaired) electrons. The maximum Gasteiger partial charge on any atom is 0.293 e. The van der Waals surface area contributed by atoms with Crippen molar-refractivity contribution in [2.45, 2.75) is 47.0 Å². The molecule has 0 spiro atoms. The third-order valence-corrected chi connectivity index (χ3v) is 6.32. The van der Waals surface area contributed by atoms with Gasteiger partial charge in [-0.05, 0) is 51.5 Å². The smallest absolute Gasteiger partial charge is 0.293 e. The van der Waals surface area contributed by atoms with Crippen molar-refractivity contribution in [3.63, 3.8) is 0 Å². The lowest BCUT2D eigenvalue weighted by Crippen LogP contribution is -2.31. The largest absolute Gasteiger partial charge is 0.336 e. The summed E-state index contributed by atoms with van der Waals surface area (Å²) in [5.74, 6) is 1.61. The van der Waals surface area contributed by atoms with Crippen LogP contribution < -0.4 is 0 Å². The zero-order valence-corrected chi connectivity index (χ0v) is 16.0. The van der Waals surface area contributed by atoms with Gasteiger partial charge in [-0.25, -0.2) is 9.97 Å². The topological polar surface area (TPSA) is 63.4 Å². The number of aryl methyl sites for hydroxylation is 2. The number of rotatable bonds is 3. The molecule has 3 aromatic rings. The minimum atomic E-state index is -0.112. The number of hydrogen-bond donors (Lipinski definition) is 0. The average molecular weight is 357 g/mol. The monoisotopic (exact) mass is 357 g/mol. The highest BCUT2D eigenvalue weighted by atomic mass is 32.1. The van der Waals surface area contributed by atoms with Crippen molar-refractivity contribution in [3.8, 4) is 0 Å². The molecule has 0 saturated heterocycles. The number of hydrogen-bond acceptors (Lipinski definition) is 5. The fraction of sp³-hybridized carbons (Fsp3) is 0.556. The predicted molar refractivity (Wildman–Crippen MR) is 99.3 cm³/mol. The number of carbonyl (C=O) groups excluding carboxylic acids is 1. The molecule has 6 nitrogen and oxygen atoms in total. The highest BCUT2D eigenvalue weighted by Gasteiger charge is 2.26. The molecular formula is C18H23N5OS. The number of aromatic nitrogens is 4. The fourth-order valence-corrected chi connectivity index (χ4v) is 4.95. The van der Waals surface area contributed by atoms with E-state index in [4.69, 9.17) is 4.98 Å². The van der Waals surface area contributed by atoms with Gasteiger partial charge in [0.1, 0.15) is 10.7 Å². The van der Waals surface area contributed by atoms with Gasteiger partial charge in [0.15, 0.2) is 5.65 Å². The molecule has 4 rings (SSSR count). The molecule has 0 aromatic carbocycles. The Labute approximate surface area is 150 Å². The summed E-state index contributed by atoms with van der Waals surface area (Å²) >= 11 is 1.78. The van der Waals surface area contributed by atoms with Crippen molar-refractivity contribution >= 4 is 33.1 Å². The van der Waals surface area contributed by atoms with Gasteiger partial charge in [-0.2, -0.15) is 4.52 Å². The summed E-state index contributed by atoms with van der Waals surface area (Å²) in [4.78, 5) is 26.3. The molecule has 0 fully saturated rings. The summed E-state index contributed by atoms with van der Waals surface area (Å²) in [5.41, 5.74) is 2.15. The van der Waals surface area contributed by atoms with Crippen molar-refractivity contribution in [3.05, 3.63) is 22.1 Å². The zero-order valence-electron chi connectivity index (χ0n) is 15.2. The van der Waals surface area contributed by atoms with Crippen molar-refractivity contribution in [1.29, 1.82) is 0 Å². The highest BCUT2D eigenvalue weighted by molar-refractivity contribution is 7.19. The van der Waals surface area contributed by atoms with Crippen LogP contribution in [0.1, 0.15) is 54.1 Å². The molecule has 1 atom stereocenters. The van der Waals surface area contributed by atoms with Crippen LogP contribution in [0, 0.1) is 12.8 Å². The van der Waals surface area contributed by atoms with E-state index < -0.39 is 0 Å². The van der Waals surface area contributed by atoms with Crippen molar-refractivity contribution in [1.82, 2.24) is 24.5 Å². The molecule has 1 amide bonds. The van der Waals surface area contributed by atoms with E-state index in [9.17, 15) is 4.79 Å². The number of nitrogens with zero attached hydrogens (tertiary/aromatic N) is 5. The Bertz CT molecular complexity index is 969. The van der Waals surface area contributed by atoms with Gasteiger partial charge in [0, 0.05) is 18.0 Å². The van der Waals surface area contributed by atoms with E-state index in [0.717, 1.165) is 34.5 Å². The molecule has 3 heterocycles. The van der Waals surface area contributed by atoms with E-state index in [1.54, 1.807) is 20.8 Å². The van der Waals surface area contributed by atoms with E-state index >= 15 is 0 Å². The molecule has 0 aliphatic heterocycles. The van der Waals surface area contributed by atoms with Crippen LogP contribution in [-0.2, 0) is 12.8 Å². The van der Waals surface area contributed by atoms with Gasteiger partial charge in [0.25, 0.3) is 5.91 Å². The molecule has 1 aliphatic rings. The lowest BCUT2D eigenvalue weighted by atomic mass is 9.89. The standard InChI is InChI=1S/C18H23N5OS/c1-5-22(6-2)18(24)15-20-16-14-12-9-10(3)7-8-13(12)25-17(14)19-11(4)23(16)21-15/h10H,5-9H2,1-4H3. The first-order chi connectivity index (χ1) is 12.0. The lowest BCUT2D eigenvalue weighted by molar-refractivity contribution is 0.0761. The molecule has 1 aliphatic carbocycles. The van der Waals surface area contributed by atoms with Gasteiger partial charge < -0.3 is 4.90 Å². The Balaban J connectivity index is 1.94. The Morgan fingerprint density at radius 2 is 2.08 bits per heavy atom. The van der Waals surface area contributed by atoms with Gasteiger partial charge >= 0.3 is 0 Å². The van der Waals surface area contributed by atoms with Gasteiger partial charge in [-0.15, -0.1) is 16.4 Å². The van der Waals surface area contributed by atoms with Crippen LogP contribution in [0.25, 0.3) is 15.9 Å². The number of amides is 1. The first-order valence-electron chi connectivity index (χ1n) is 9.00. The van der Waals surface area contributed by atoms with Gasteiger partial charge in [-0.1, -0.05) is 6.92 Å². The fourth-order valence-electron chi connectivity index (χ4n) is 3.69. The summed E-state index contributed by atoms with van der Waals surface area (Å²) in [7, 11) is 0. The van der Waals surface area contributed by atoms with Crippen LogP contribution in [0.5, 0.6) is 0 Å². The van der Waals surface area contributed by atoms with Crippen LogP contribution in [0.3, 0.4) is 0 Å². The van der Waals surface area contributed by atoms with Crippen LogP contribution in [0.2, 0.25) is 0 Å². The number of carbonyl (C=O) groups is 1. The summed E-state index contributed by atoms with van der Waals surface area (Å²) in [5, 5.41) is 5.58. The second kappa shape index (κ2) is 6.05. The second-order valence-corrected chi connectivity index (χ2v) is 7.92. The van der Waals surface area contributed by atoms with Gasteiger partial charge in [0.05, 0.1) is 5.39 Å². The second-order valence-electron chi connectivity index (χ2n) is 6.84. The molecular weight excluding hydrogens is 334 g/mol. The predicted octanol–water partition coefficient (Wildman–Crippen LogP) is 3.25. The Hall–Kier alpha value is -2.02. The third-order valence-electron chi connectivity index (χ3n) is 5.13. The van der Waals surface area contributed by atoms with Crippen molar-refractivity contribution in [2.75, 3.05) is 13.1 Å². The van der Waals surface area contributed by atoms with Crippen LogP contribution in [-0.4, -0.2) is 43.5 Å². The Kier molecular flexibility index (Phi) is 3.98. The summed E-state index contributed by atoms with van der Waals surface area (Å²) in [6.07, 6.45) is 3.40. The minimum absolute atomic E-state index is 0.112. The summed E-state index contributed by atoms with van der Waals surface area (Å²) in [6.45, 7) is 9.47. The average Bonchev–Trinajstić information content (AvgIpc) is 3.17. The molecule has 25 heavy (non-hydrogen) atoms. The van der Waals surface area contributed by atoms with Crippen LogP contribution >= 0.6 is 11.3 Å². The number of thiophene rings is 1. The highest BCUT2D eigenvalue weighted by Crippen LogP contribution is 2.38. The molecule has 1 unspecified atom stereocenters. The first kappa shape index (κ1) is 16.4. The normalized spacial score (nSPS) is 17.2. The van der Waals surface area contributed by atoms with Crippen LogP contribution in [0.15, 0.2) is 0 Å². The van der Waals surface area contributed by atoms with Crippen molar-refractivity contribution in [2.24, 2.45) is 5.92 Å². The maximum absolute atomic E-state index is 12.7. The molecule has 0 saturated carbocycles. The molecule has 3 aromatic heterocycles. The van der Waals surface area contributed by atoms with E-state index in [1.165, 1.54) is 16.9 Å². The van der Waals surface area contributed by atoms with E-state index in [-0.39, 0.29) is 11.7 Å². The lowest BCUT2D eigenvalue weighted by Gasteiger charge is -2.17. The maximum atomic E-state index is 12.7. The van der Waals surface area contributed by atoms with Gasteiger partial charge in [0.2, 0.25) is 5.82 Å². The summed E-state index contributed by atoms with van der Waals surface area (Å²) < 4.78 is 1.74. The molecule has 0 N–H and O–H groups in total. The zero-order chi connectivity index (χ0) is 17.7. The van der Waals surface area contributed by atoms with E-state index in [2.05, 4.69) is 17.0 Å². The third kappa shape index (κ3) is 2.52. The Morgan fingerprint density at radius 3 is 2.80 bits per heavy atom. The minimum Gasteiger partial charge on any atom is -0.336 e. The Morgan fingerprint density at radius 1 is 1.32 bits per heavy atom. The first-order valence-corrected chi connectivity index (χ1v) is 9.82. The van der Waals surface area contributed by atoms with Crippen LogP contribution in [0.4, 0.5) is 0 Å². The van der Waals surface area contributed by atoms with Crippen molar-refractivity contribution < 1.29 is 4.79 Å². The summed E-state index contributed by atoms with van der Waals surface area (Å²) in [6, 6.07) is 0. The number of fused-ring (bicyclic) bond motifs is 5. The molecule has 0 bridgehead atoms. The molecule has 7 heteroatoms. The van der Waals surface area contributed by atoms with Gasteiger partial charge in [-0.3, -0.25) is 4.79 Å². The SMILES string of the molecule is CCN(CC)C(=O)c1nc2c3c4c(sc3nc(C)n2n1)CCC(C)C4. The quantitative estimate of drug-likeness (QED) is 0.722. The van der Waals surface area contributed by atoms with E-state index in [0.29, 0.717) is 19.0 Å².